The van der Waals surface area contributed by atoms with Gasteiger partial charge in [-0.2, -0.15) is 10.1 Å². The number of H-pyrrole nitrogens is 1. The number of carbonyl (C=O) groups is 1. The molecule has 0 spiro atoms. The number of carbonyl (C=O) groups excluding carboxylic acids is 1. The number of aromatic amines is 1. The molecule has 0 aliphatic carbocycles. The molecule has 5 rings (SSSR count). The van der Waals surface area contributed by atoms with E-state index in [2.05, 4.69) is 31.0 Å². The highest BCUT2D eigenvalue weighted by atomic mass is 32.2. The molecule has 0 saturated carbocycles. The summed E-state index contributed by atoms with van der Waals surface area (Å²) in [5, 5.41) is 16.7. The largest absolute Gasteiger partial charge is 0.454 e. The van der Waals surface area contributed by atoms with Gasteiger partial charge in [0.2, 0.25) is 23.8 Å². The van der Waals surface area contributed by atoms with Crippen molar-refractivity contribution in [1.82, 2.24) is 15.2 Å². The Morgan fingerprint density at radius 3 is 2.91 bits per heavy atom. The second-order valence-electron chi connectivity index (χ2n) is 7.21. The number of thioether (sulfide) groups is 1. The fourth-order valence-corrected chi connectivity index (χ4v) is 3.93. The number of benzene rings is 3. The second-order valence-corrected chi connectivity index (χ2v) is 8.15. The fraction of sp³-hybridized carbons (Fsp3) is 0.130. The van der Waals surface area contributed by atoms with E-state index in [-0.39, 0.29) is 18.5 Å². The number of fused-ring (bicyclic) bond motifs is 2. The van der Waals surface area contributed by atoms with Crippen molar-refractivity contribution in [2.75, 3.05) is 23.3 Å². The maximum Gasteiger partial charge on any atom is 0.240 e. The van der Waals surface area contributed by atoms with Gasteiger partial charge in [-0.25, -0.2) is 10.5 Å². The van der Waals surface area contributed by atoms with Gasteiger partial charge in [0.15, 0.2) is 11.5 Å². The molecule has 10 heteroatoms. The van der Waals surface area contributed by atoms with E-state index in [1.165, 1.54) is 11.8 Å². The third kappa shape index (κ3) is 4.75. The molecule has 1 aliphatic heterocycles. The predicted molar refractivity (Wildman–Crippen MR) is 128 cm³/mol. The van der Waals surface area contributed by atoms with Gasteiger partial charge < -0.3 is 14.8 Å². The maximum atomic E-state index is 12.4. The molecular weight excluding hydrogens is 440 g/mol. The number of hydrazone groups is 1. The van der Waals surface area contributed by atoms with Gasteiger partial charge in [-0.1, -0.05) is 48.2 Å². The minimum atomic E-state index is -0.132. The molecule has 3 aromatic carbocycles. The van der Waals surface area contributed by atoms with Crippen LogP contribution in [0.25, 0.3) is 10.8 Å². The van der Waals surface area contributed by atoms with Crippen LogP contribution in [-0.4, -0.2) is 39.3 Å². The monoisotopic (exact) mass is 460 g/mol. The van der Waals surface area contributed by atoms with Gasteiger partial charge in [0.1, 0.15) is 0 Å². The van der Waals surface area contributed by atoms with Crippen molar-refractivity contribution in [1.29, 1.82) is 0 Å². The minimum absolute atomic E-state index is 0.132. The molecule has 33 heavy (non-hydrogen) atoms. The molecule has 4 aromatic rings. The van der Waals surface area contributed by atoms with Crippen LogP contribution in [0.1, 0.15) is 12.5 Å². The van der Waals surface area contributed by atoms with Crippen LogP contribution in [0.2, 0.25) is 0 Å². The lowest BCUT2D eigenvalue weighted by molar-refractivity contribution is -0.113. The van der Waals surface area contributed by atoms with Crippen molar-refractivity contribution in [3.63, 3.8) is 0 Å². The van der Waals surface area contributed by atoms with E-state index in [9.17, 15) is 4.79 Å². The zero-order valence-electron chi connectivity index (χ0n) is 17.7. The lowest BCUT2D eigenvalue weighted by Gasteiger charge is -2.08. The van der Waals surface area contributed by atoms with Gasteiger partial charge in [0.25, 0.3) is 0 Å². The maximum absolute atomic E-state index is 12.4. The summed E-state index contributed by atoms with van der Waals surface area (Å²) in [6.07, 6.45) is 0. The van der Waals surface area contributed by atoms with Crippen LogP contribution in [0, 0.1) is 0 Å². The summed E-state index contributed by atoms with van der Waals surface area (Å²) >= 11 is 1.23. The molecule has 0 bridgehead atoms. The van der Waals surface area contributed by atoms with Crippen LogP contribution < -0.4 is 20.2 Å². The molecule has 0 atom stereocenters. The molecule has 1 aliphatic rings. The summed E-state index contributed by atoms with van der Waals surface area (Å²) < 4.78 is 10.7. The third-order valence-corrected chi connectivity index (χ3v) is 5.83. The van der Waals surface area contributed by atoms with Gasteiger partial charge in [-0.05, 0) is 36.6 Å². The average Bonchev–Trinajstić information content (AvgIpc) is 3.50. The van der Waals surface area contributed by atoms with Crippen molar-refractivity contribution in [3.8, 4) is 11.5 Å². The SMILES string of the molecule is C/C(=N/Nc1nc(SCC(=O)Nc2cccc3ccccc23)n[nH]1)c1ccc2c(c1)OCO2. The number of rotatable bonds is 7. The molecular formula is C23H20N6O3S. The van der Waals surface area contributed by atoms with E-state index >= 15 is 0 Å². The molecule has 166 valence electrons. The summed E-state index contributed by atoms with van der Waals surface area (Å²) in [7, 11) is 0. The summed E-state index contributed by atoms with van der Waals surface area (Å²) in [5.74, 6) is 1.85. The quantitative estimate of drug-likeness (QED) is 0.215. The summed E-state index contributed by atoms with van der Waals surface area (Å²) in [6, 6.07) is 19.4. The van der Waals surface area contributed by atoms with Crippen molar-refractivity contribution >= 4 is 45.8 Å². The zero-order chi connectivity index (χ0) is 22.6. The number of ether oxygens (including phenoxy) is 2. The molecule has 1 amide bonds. The topological polar surface area (TPSA) is 114 Å². The van der Waals surface area contributed by atoms with Crippen LogP contribution in [-0.2, 0) is 4.79 Å². The smallest absolute Gasteiger partial charge is 0.240 e. The number of nitrogens with one attached hydrogen (secondary N) is 3. The number of hydrogen-bond donors (Lipinski definition) is 3. The Kier molecular flexibility index (Phi) is 5.81. The highest BCUT2D eigenvalue weighted by Gasteiger charge is 2.14. The van der Waals surface area contributed by atoms with Crippen LogP contribution in [0.3, 0.4) is 0 Å². The van der Waals surface area contributed by atoms with E-state index in [1.54, 1.807) is 0 Å². The Morgan fingerprint density at radius 2 is 1.97 bits per heavy atom. The Labute approximate surface area is 193 Å². The van der Waals surface area contributed by atoms with Gasteiger partial charge >= 0.3 is 0 Å². The van der Waals surface area contributed by atoms with Crippen molar-refractivity contribution in [3.05, 3.63) is 66.2 Å². The molecule has 9 nitrogen and oxygen atoms in total. The number of nitrogens with zero attached hydrogens (tertiary/aromatic N) is 3. The van der Waals surface area contributed by atoms with Crippen LogP contribution in [0.4, 0.5) is 11.6 Å². The molecule has 0 radical (unpaired) electrons. The highest BCUT2D eigenvalue weighted by molar-refractivity contribution is 7.99. The third-order valence-electron chi connectivity index (χ3n) is 4.98. The highest BCUT2D eigenvalue weighted by Crippen LogP contribution is 2.32. The summed E-state index contributed by atoms with van der Waals surface area (Å²) in [6.45, 7) is 2.10. The molecule has 0 fully saturated rings. The molecule has 2 heterocycles. The number of anilines is 2. The van der Waals surface area contributed by atoms with Gasteiger partial charge in [0.05, 0.1) is 11.5 Å². The lowest BCUT2D eigenvalue weighted by atomic mass is 10.1. The van der Waals surface area contributed by atoms with Gasteiger partial charge in [-0.15, -0.1) is 5.10 Å². The van der Waals surface area contributed by atoms with Crippen LogP contribution in [0.5, 0.6) is 11.5 Å². The Balaban J connectivity index is 1.16. The zero-order valence-corrected chi connectivity index (χ0v) is 18.5. The number of hydrogen-bond acceptors (Lipinski definition) is 8. The van der Waals surface area contributed by atoms with Gasteiger partial charge in [-0.3, -0.25) is 4.79 Å². The van der Waals surface area contributed by atoms with Crippen molar-refractivity contribution in [2.45, 2.75) is 12.1 Å². The number of aromatic nitrogens is 3. The first-order chi connectivity index (χ1) is 16.2. The van der Waals surface area contributed by atoms with Crippen molar-refractivity contribution in [2.24, 2.45) is 5.10 Å². The Hall–Kier alpha value is -4.05. The van der Waals surface area contributed by atoms with Crippen LogP contribution >= 0.6 is 11.8 Å². The Morgan fingerprint density at radius 1 is 1.12 bits per heavy atom. The first-order valence-corrected chi connectivity index (χ1v) is 11.2. The second kappa shape index (κ2) is 9.21. The fourth-order valence-electron chi connectivity index (χ4n) is 3.33. The lowest BCUT2D eigenvalue weighted by Crippen LogP contribution is -2.14. The average molecular weight is 461 g/mol. The van der Waals surface area contributed by atoms with E-state index < -0.39 is 0 Å². The molecule has 3 N–H and O–H groups in total. The van der Waals surface area contributed by atoms with Crippen molar-refractivity contribution < 1.29 is 14.3 Å². The predicted octanol–water partition coefficient (Wildman–Crippen LogP) is 4.25. The molecule has 0 saturated heterocycles. The first kappa shape index (κ1) is 20.8. The van der Waals surface area contributed by atoms with Gasteiger partial charge in [0, 0.05) is 16.6 Å². The summed E-state index contributed by atoms with van der Waals surface area (Å²) in [4.78, 5) is 16.8. The minimum Gasteiger partial charge on any atom is -0.454 e. The Bertz CT molecular complexity index is 1350. The van der Waals surface area contributed by atoms with Crippen LogP contribution in [0.15, 0.2) is 70.9 Å². The standard InChI is InChI=1S/C23H20N6O3S/c1-14(16-9-10-19-20(11-16)32-13-31-19)26-27-22-25-23(29-28-22)33-12-21(30)24-18-8-4-6-15-5-2-3-7-17(15)18/h2-11H,12-13H2,1H3,(H,24,30)(H2,25,27,28,29)/b26-14-. The van der Waals surface area contributed by atoms with E-state index in [4.69, 9.17) is 9.47 Å². The number of amides is 1. The van der Waals surface area contributed by atoms with E-state index in [0.717, 1.165) is 33.5 Å². The summed E-state index contributed by atoms with van der Waals surface area (Å²) in [5.41, 5.74) is 5.27. The van der Waals surface area contributed by atoms with E-state index in [1.807, 2.05) is 67.6 Å². The first-order valence-electron chi connectivity index (χ1n) is 10.2. The normalized spacial score (nSPS) is 12.7. The van der Waals surface area contributed by atoms with E-state index in [0.29, 0.717) is 16.9 Å². The molecule has 0 unspecified atom stereocenters. The molecule has 1 aromatic heterocycles.